The van der Waals surface area contributed by atoms with Gasteiger partial charge in [0.2, 0.25) is 0 Å². The minimum absolute atomic E-state index is 0.194. The van der Waals surface area contributed by atoms with Gasteiger partial charge >= 0.3 is 6.18 Å². The number of hydrogen-bond acceptors (Lipinski definition) is 8. The third-order valence-corrected chi connectivity index (χ3v) is 5.38. The highest BCUT2D eigenvalue weighted by Gasteiger charge is 2.31. The highest BCUT2D eigenvalue weighted by atomic mass is 19.4. The summed E-state index contributed by atoms with van der Waals surface area (Å²) in [6.45, 7) is 2.72. The number of nitrogens with two attached hydrogens (primary N) is 3. The standard InChI is InChI=1S/C20H25F3N8/c21-20(22,23)15-3-1-13(2-4-15)16(11-26)30-5-7-31(8-6-30)19-17(14(9-24)10-25)18(27)28-12-29-19/h1-4,9-10,12,16,24H,5-8,11,25-26H2,(H2,27,28,29). The van der Waals surface area contributed by atoms with Crippen molar-refractivity contribution in [3.63, 3.8) is 0 Å². The van der Waals surface area contributed by atoms with Crippen LogP contribution in [0.2, 0.25) is 0 Å². The molecule has 1 saturated heterocycles. The predicted octanol–water partition coefficient (Wildman–Crippen LogP) is 1.85. The Balaban J connectivity index is 1.76. The van der Waals surface area contributed by atoms with Crippen molar-refractivity contribution in [2.24, 2.45) is 11.5 Å². The van der Waals surface area contributed by atoms with Crippen LogP contribution >= 0.6 is 0 Å². The lowest BCUT2D eigenvalue weighted by Crippen LogP contribution is -2.49. The molecule has 166 valence electrons. The lowest BCUT2D eigenvalue weighted by Gasteiger charge is -2.40. The number of anilines is 2. The van der Waals surface area contributed by atoms with Gasteiger partial charge in [0, 0.05) is 56.8 Å². The molecule has 1 fully saturated rings. The number of nitrogens with one attached hydrogen (secondary N) is 1. The van der Waals surface area contributed by atoms with E-state index in [1.54, 1.807) is 0 Å². The molecule has 1 aromatic heterocycles. The van der Waals surface area contributed by atoms with Crippen LogP contribution in [-0.4, -0.2) is 53.8 Å². The van der Waals surface area contributed by atoms with Crippen molar-refractivity contribution in [3.8, 4) is 0 Å². The maximum atomic E-state index is 12.8. The lowest BCUT2D eigenvalue weighted by molar-refractivity contribution is -0.137. The Hall–Kier alpha value is -3.18. The van der Waals surface area contributed by atoms with E-state index in [4.69, 9.17) is 22.6 Å². The van der Waals surface area contributed by atoms with Crippen LogP contribution in [0.1, 0.15) is 22.7 Å². The second-order valence-corrected chi connectivity index (χ2v) is 7.12. The predicted molar refractivity (Wildman–Crippen MR) is 114 cm³/mol. The van der Waals surface area contributed by atoms with Crippen LogP contribution in [0.25, 0.3) is 5.57 Å². The number of halogens is 3. The largest absolute Gasteiger partial charge is 0.416 e. The number of alkyl halides is 3. The van der Waals surface area contributed by atoms with Crippen molar-refractivity contribution in [1.82, 2.24) is 14.9 Å². The number of benzene rings is 1. The van der Waals surface area contributed by atoms with E-state index in [2.05, 4.69) is 14.9 Å². The molecule has 0 aliphatic carbocycles. The van der Waals surface area contributed by atoms with E-state index < -0.39 is 11.7 Å². The molecule has 0 amide bonds. The molecule has 8 nitrogen and oxygen atoms in total. The summed E-state index contributed by atoms with van der Waals surface area (Å²) < 4.78 is 38.5. The van der Waals surface area contributed by atoms with Crippen molar-refractivity contribution in [1.29, 1.82) is 5.41 Å². The molecule has 2 heterocycles. The summed E-state index contributed by atoms with van der Waals surface area (Å²) in [7, 11) is 0. The van der Waals surface area contributed by atoms with Gasteiger partial charge in [0.25, 0.3) is 0 Å². The number of rotatable bonds is 6. The van der Waals surface area contributed by atoms with Gasteiger partial charge in [0.1, 0.15) is 18.0 Å². The Morgan fingerprint density at radius 3 is 2.29 bits per heavy atom. The van der Waals surface area contributed by atoms with E-state index >= 15 is 0 Å². The van der Waals surface area contributed by atoms with Crippen LogP contribution < -0.4 is 22.1 Å². The van der Waals surface area contributed by atoms with Gasteiger partial charge in [-0.2, -0.15) is 13.2 Å². The summed E-state index contributed by atoms with van der Waals surface area (Å²) >= 11 is 0. The van der Waals surface area contributed by atoms with Gasteiger partial charge in [0.15, 0.2) is 0 Å². The summed E-state index contributed by atoms with van der Waals surface area (Å²) in [5.74, 6) is 0.823. The molecule has 0 bridgehead atoms. The van der Waals surface area contributed by atoms with Gasteiger partial charge < -0.3 is 27.5 Å². The average Bonchev–Trinajstić information content (AvgIpc) is 2.76. The number of nitrogen functional groups attached to an aromatic ring is 1. The summed E-state index contributed by atoms with van der Waals surface area (Å²) in [4.78, 5) is 12.5. The van der Waals surface area contributed by atoms with Gasteiger partial charge in [-0.05, 0) is 17.7 Å². The molecule has 11 heteroatoms. The van der Waals surface area contributed by atoms with E-state index in [-0.39, 0.29) is 18.4 Å². The third kappa shape index (κ3) is 4.78. The molecule has 2 aromatic rings. The number of piperazine rings is 1. The van der Waals surface area contributed by atoms with Gasteiger partial charge in [0.05, 0.1) is 11.1 Å². The Kier molecular flexibility index (Phi) is 6.76. The molecule has 1 aromatic carbocycles. The van der Waals surface area contributed by atoms with Crippen LogP contribution in [-0.2, 0) is 6.18 Å². The third-order valence-electron chi connectivity index (χ3n) is 5.38. The van der Waals surface area contributed by atoms with Crippen molar-refractivity contribution >= 4 is 23.4 Å². The van der Waals surface area contributed by atoms with Gasteiger partial charge in [-0.25, -0.2) is 9.97 Å². The van der Waals surface area contributed by atoms with E-state index in [9.17, 15) is 13.2 Å². The zero-order valence-electron chi connectivity index (χ0n) is 16.8. The number of allylic oxidation sites excluding steroid dienone is 1. The molecule has 31 heavy (non-hydrogen) atoms. The first-order valence-corrected chi connectivity index (χ1v) is 9.69. The average molecular weight is 434 g/mol. The monoisotopic (exact) mass is 434 g/mol. The van der Waals surface area contributed by atoms with Crippen LogP contribution in [0.5, 0.6) is 0 Å². The molecule has 0 saturated carbocycles. The molecule has 1 aliphatic rings. The minimum atomic E-state index is -4.37. The van der Waals surface area contributed by atoms with Crippen molar-refractivity contribution in [3.05, 3.63) is 53.5 Å². The van der Waals surface area contributed by atoms with E-state index in [0.29, 0.717) is 43.1 Å². The summed E-state index contributed by atoms with van der Waals surface area (Å²) in [6.07, 6.45) is -0.614. The second kappa shape index (κ2) is 9.31. The number of nitrogens with zero attached hydrogens (tertiary/aromatic N) is 4. The van der Waals surface area contributed by atoms with E-state index in [1.165, 1.54) is 24.7 Å². The lowest BCUT2D eigenvalue weighted by atomic mass is 10.0. The zero-order valence-corrected chi connectivity index (χ0v) is 16.8. The smallest absolute Gasteiger partial charge is 0.404 e. The van der Waals surface area contributed by atoms with Crippen molar-refractivity contribution < 1.29 is 13.2 Å². The zero-order chi connectivity index (χ0) is 22.6. The molecule has 0 radical (unpaired) electrons. The number of aromatic nitrogens is 2. The highest BCUT2D eigenvalue weighted by molar-refractivity contribution is 6.12. The van der Waals surface area contributed by atoms with Gasteiger partial charge in [-0.1, -0.05) is 12.1 Å². The SMILES string of the molecule is N=CC(=CN)c1c(N)ncnc1N1CCN(C(CN)c2ccc(C(F)(F)F)cc2)CC1. The summed E-state index contributed by atoms with van der Waals surface area (Å²) in [5, 5.41) is 7.57. The van der Waals surface area contributed by atoms with Crippen LogP contribution in [0.15, 0.2) is 36.8 Å². The molecular formula is C20H25F3N8. The normalized spacial score (nSPS) is 16.9. The van der Waals surface area contributed by atoms with E-state index in [0.717, 1.165) is 23.9 Å². The maximum Gasteiger partial charge on any atom is 0.416 e. The Bertz CT molecular complexity index is 934. The minimum Gasteiger partial charge on any atom is -0.404 e. The van der Waals surface area contributed by atoms with Gasteiger partial charge in [-0.3, -0.25) is 4.90 Å². The summed E-state index contributed by atoms with van der Waals surface area (Å²) in [6, 6.07) is 4.95. The molecule has 1 atom stereocenters. The fourth-order valence-electron chi connectivity index (χ4n) is 3.75. The quantitative estimate of drug-likeness (QED) is 0.510. The van der Waals surface area contributed by atoms with Crippen LogP contribution in [0.3, 0.4) is 0 Å². The second-order valence-electron chi connectivity index (χ2n) is 7.12. The molecule has 0 spiro atoms. The molecule has 1 aliphatic heterocycles. The van der Waals surface area contributed by atoms with Gasteiger partial charge in [-0.15, -0.1) is 0 Å². The van der Waals surface area contributed by atoms with E-state index in [1.807, 2.05) is 4.90 Å². The molecule has 1 unspecified atom stereocenters. The first kappa shape index (κ1) is 22.5. The topological polar surface area (TPSA) is 134 Å². The maximum absolute atomic E-state index is 12.8. The number of hydrogen-bond donors (Lipinski definition) is 4. The van der Waals surface area contributed by atoms with Crippen LogP contribution in [0, 0.1) is 5.41 Å². The van der Waals surface area contributed by atoms with Crippen molar-refractivity contribution in [2.45, 2.75) is 12.2 Å². The summed E-state index contributed by atoms with van der Waals surface area (Å²) in [5.41, 5.74) is 18.6. The first-order valence-electron chi connectivity index (χ1n) is 9.69. The van der Waals surface area contributed by atoms with Crippen LogP contribution in [0.4, 0.5) is 24.8 Å². The highest BCUT2D eigenvalue weighted by Crippen LogP contribution is 2.32. The van der Waals surface area contributed by atoms with Crippen molar-refractivity contribution in [2.75, 3.05) is 43.4 Å². The Morgan fingerprint density at radius 1 is 1.13 bits per heavy atom. The first-order chi connectivity index (χ1) is 14.8. The fraction of sp³-hybridized carbons (Fsp3) is 0.350. The Morgan fingerprint density at radius 2 is 1.77 bits per heavy atom. The molecule has 3 rings (SSSR count). The Labute approximate surface area is 178 Å². The fourth-order valence-corrected chi connectivity index (χ4v) is 3.75. The molecular weight excluding hydrogens is 409 g/mol. The molecule has 7 N–H and O–H groups in total.